The highest BCUT2D eigenvalue weighted by atomic mass is 15.2. The Hall–Kier alpha value is -0.0800. The van der Waals surface area contributed by atoms with Crippen molar-refractivity contribution in [1.29, 1.82) is 0 Å². The molecule has 128 valence electrons. The van der Waals surface area contributed by atoms with Gasteiger partial charge in [0, 0.05) is 11.6 Å². The first-order valence-corrected chi connectivity index (χ1v) is 9.50. The average Bonchev–Trinajstić information content (AvgIpc) is 2.48. The van der Waals surface area contributed by atoms with Gasteiger partial charge >= 0.3 is 0 Å². The molecule has 0 radical (unpaired) electrons. The van der Waals surface area contributed by atoms with Crippen molar-refractivity contribution in [3.8, 4) is 0 Å². The molecule has 1 N–H and O–H groups in total. The maximum absolute atomic E-state index is 3.89. The van der Waals surface area contributed by atoms with E-state index in [0.29, 0.717) is 11.6 Å². The molecule has 0 saturated carbocycles. The van der Waals surface area contributed by atoms with Gasteiger partial charge in [0.1, 0.15) is 0 Å². The lowest BCUT2D eigenvalue weighted by atomic mass is 9.79. The number of nitrogens with zero attached hydrogens (tertiary/aromatic N) is 1. The van der Waals surface area contributed by atoms with E-state index < -0.39 is 0 Å². The molecule has 1 unspecified atom stereocenters. The lowest BCUT2D eigenvalue weighted by molar-refractivity contribution is 0.0449. The molecule has 2 heteroatoms. The zero-order chi connectivity index (χ0) is 16.3. The molecule has 0 rings (SSSR count). The molecule has 0 spiro atoms. The molecule has 0 saturated heterocycles. The zero-order valence-corrected chi connectivity index (χ0v) is 16.0. The van der Waals surface area contributed by atoms with Gasteiger partial charge in [0.15, 0.2) is 0 Å². The van der Waals surface area contributed by atoms with Gasteiger partial charge in [-0.2, -0.15) is 0 Å². The smallest absolute Gasteiger partial charge is 0.0357 e. The molecular formula is C19H42N2. The lowest BCUT2D eigenvalue weighted by Gasteiger charge is -2.48. The molecule has 0 bridgehead atoms. The van der Waals surface area contributed by atoms with Crippen LogP contribution < -0.4 is 5.32 Å². The molecule has 21 heavy (non-hydrogen) atoms. The summed E-state index contributed by atoms with van der Waals surface area (Å²) in [6.45, 7) is 19.8. The van der Waals surface area contributed by atoms with Gasteiger partial charge in [0.25, 0.3) is 0 Å². The maximum atomic E-state index is 3.89. The molecule has 0 amide bonds. The number of likely N-dealkylation sites (N-methyl/N-ethyl adjacent to an activating group) is 1. The molecule has 0 aromatic rings. The lowest BCUT2D eigenvalue weighted by Crippen LogP contribution is -2.61. The van der Waals surface area contributed by atoms with Gasteiger partial charge in [-0.25, -0.2) is 0 Å². The maximum Gasteiger partial charge on any atom is 0.0357 e. The average molecular weight is 299 g/mol. The van der Waals surface area contributed by atoms with Gasteiger partial charge in [-0.3, -0.25) is 4.90 Å². The van der Waals surface area contributed by atoms with Gasteiger partial charge in [-0.15, -0.1) is 0 Å². The van der Waals surface area contributed by atoms with E-state index in [1.807, 2.05) is 0 Å². The van der Waals surface area contributed by atoms with E-state index in [0.717, 1.165) is 25.6 Å². The minimum atomic E-state index is 0.329. The Morgan fingerprint density at radius 1 is 0.905 bits per heavy atom. The van der Waals surface area contributed by atoms with E-state index in [2.05, 4.69) is 58.7 Å². The van der Waals surface area contributed by atoms with Crippen LogP contribution in [0.25, 0.3) is 0 Å². The number of rotatable bonds is 13. The summed E-state index contributed by atoms with van der Waals surface area (Å²) in [7, 11) is 0. The first-order valence-electron chi connectivity index (χ1n) is 9.50. The van der Waals surface area contributed by atoms with Crippen LogP contribution in [0.3, 0.4) is 0 Å². The van der Waals surface area contributed by atoms with E-state index >= 15 is 0 Å². The van der Waals surface area contributed by atoms with Crippen LogP contribution in [-0.2, 0) is 0 Å². The Kier molecular flexibility index (Phi) is 11.4. The van der Waals surface area contributed by atoms with Gasteiger partial charge in [-0.1, -0.05) is 61.3 Å². The Morgan fingerprint density at radius 2 is 1.48 bits per heavy atom. The number of hydrogen-bond acceptors (Lipinski definition) is 2. The Bertz CT molecular complexity index is 230. The van der Waals surface area contributed by atoms with E-state index in [1.165, 1.54) is 38.5 Å². The number of nitrogens with one attached hydrogen (secondary N) is 1. The minimum absolute atomic E-state index is 0.329. The fraction of sp³-hybridized carbons (Fsp3) is 1.00. The summed E-state index contributed by atoms with van der Waals surface area (Å²) >= 11 is 0. The van der Waals surface area contributed by atoms with Gasteiger partial charge < -0.3 is 5.32 Å². The molecule has 0 aromatic carbocycles. The largest absolute Gasteiger partial charge is 0.312 e. The third-order valence-electron chi connectivity index (χ3n) is 5.18. The summed E-state index contributed by atoms with van der Waals surface area (Å²) in [5.74, 6) is 0.822. The van der Waals surface area contributed by atoms with Crippen LogP contribution in [0.15, 0.2) is 0 Å². The van der Waals surface area contributed by atoms with E-state index in [4.69, 9.17) is 0 Å². The summed E-state index contributed by atoms with van der Waals surface area (Å²) in [6.07, 6.45) is 7.73. The van der Waals surface area contributed by atoms with E-state index in [-0.39, 0.29) is 0 Å². The molecule has 0 aliphatic rings. The first kappa shape index (κ1) is 20.9. The van der Waals surface area contributed by atoms with Crippen molar-refractivity contribution in [2.75, 3.05) is 19.6 Å². The second kappa shape index (κ2) is 11.5. The molecule has 0 heterocycles. The monoisotopic (exact) mass is 298 g/mol. The Balaban J connectivity index is 5.06. The summed E-state index contributed by atoms with van der Waals surface area (Å²) in [5, 5.41) is 3.89. The van der Waals surface area contributed by atoms with Crippen LogP contribution in [0.5, 0.6) is 0 Å². The van der Waals surface area contributed by atoms with Gasteiger partial charge in [-0.05, 0) is 51.2 Å². The standard InChI is InChI=1S/C19H42N2/c1-8-16-20-18(15-13-14-17(6)7)19(9-2,10-3)21(11-4)12-5/h17-18,20H,8-16H2,1-7H3. The van der Waals surface area contributed by atoms with Crippen molar-refractivity contribution in [3.63, 3.8) is 0 Å². The fourth-order valence-corrected chi connectivity index (χ4v) is 3.87. The summed E-state index contributed by atoms with van der Waals surface area (Å²) < 4.78 is 0. The summed E-state index contributed by atoms with van der Waals surface area (Å²) in [4.78, 5) is 2.70. The molecule has 2 nitrogen and oxygen atoms in total. The van der Waals surface area contributed by atoms with Crippen LogP contribution in [-0.4, -0.2) is 36.1 Å². The molecule has 0 aliphatic carbocycles. The highest BCUT2D eigenvalue weighted by Gasteiger charge is 2.38. The molecular weight excluding hydrogens is 256 g/mol. The van der Waals surface area contributed by atoms with Crippen LogP contribution in [0, 0.1) is 5.92 Å². The minimum Gasteiger partial charge on any atom is -0.312 e. The summed E-state index contributed by atoms with van der Waals surface area (Å²) in [6, 6.07) is 0.631. The third kappa shape index (κ3) is 6.28. The van der Waals surface area contributed by atoms with Crippen LogP contribution in [0.1, 0.15) is 87.0 Å². The van der Waals surface area contributed by atoms with Crippen LogP contribution in [0.2, 0.25) is 0 Å². The van der Waals surface area contributed by atoms with Crippen LogP contribution in [0.4, 0.5) is 0 Å². The third-order valence-corrected chi connectivity index (χ3v) is 5.18. The zero-order valence-electron chi connectivity index (χ0n) is 16.0. The van der Waals surface area contributed by atoms with E-state index in [1.54, 1.807) is 0 Å². The normalized spacial score (nSPS) is 14.1. The van der Waals surface area contributed by atoms with Crippen molar-refractivity contribution in [2.45, 2.75) is 98.6 Å². The first-order chi connectivity index (χ1) is 10.0. The van der Waals surface area contributed by atoms with Crippen molar-refractivity contribution in [1.82, 2.24) is 10.2 Å². The SMILES string of the molecule is CCCNC(CCCC(C)C)C(CC)(CC)N(CC)CC. The summed E-state index contributed by atoms with van der Waals surface area (Å²) in [5.41, 5.74) is 0.329. The van der Waals surface area contributed by atoms with Crippen molar-refractivity contribution in [2.24, 2.45) is 5.92 Å². The highest BCUT2D eigenvalue weighted by molar-refractivity contribution is 4.98. The van der Waals surface area contributed by atoms with Crippen LogP contribution >= 0.6 is 0 Å². The number of hydrogen-bond donors (Lipinski definition) is 1. The fourth-order valence-electron chi connectivity index (χ4n) is 3.87. The van der Waals surface area contributed by atoms with Crippen molar-refractivity contribution >= 4 is 0 Å². The predicted molar refractivity (Wildman–Crippen MR) is 97.0 cm³/mol. The van der Waals surface area contributed by atoms with Crippen molar-refractivity contribution < 1.29 is 0 Å². The molecule has 0 aromatic heterocycles. The molecule has 0 aliphatic heterocycles. The molecule has 1 atom stereocenters. The van der Waals surface area contributed by atoms with Gasteiger partial charge in [0.2, 0.25) is 0 Å². The van der Waals surface area contributed by atoms with Gasteiger partial charge in [0.05, 0.1) is 0 Å². The second-order valence-electron chi connectivity index (χ2n) is 6.81. The van der Waals surface area contributed by atoms with Crippen molar-refractivity contribution in [3.05, 3.63) is 0 Å². The Morgan fingerprint density at radius 3 is 1.86 bits per heavy atom. The Labute approximate surface area is 135 Å². The molecule has 0 fully saturated rings. The predicted octanol–water partition coefficient (Wildman–Crippen LogP) is 5.08. The highest BCUT2D eigenvalue weighted by Crippen LogP contribution is 2.31. The topological polar surface area (TPSA) is 15.3 Å². The quantitative estimate of drug-likeness (QED) is 0.510. The van der Waals surface area contributed by atoms with E-state index in [9.17, 15) is 0 Å². The second-order valence-corrected chi connectivity index (χ2v) is 6.81.